The zero-order valence-corrected chi connectivity index (χ0v) is 16.7. The average molecular weight is 376 g/mol. The highest BCUT2D eigenvalue weighted by molar-refractivity contribution is 5.84. The minimum atomic E-state index is -0.555. The predicted molar refractivity (Wildman–Crippen MR) is 99.4 cm³/mol. The maximum absolute atomic E-state index is 12.7. The first-order valence-corrected chi connectivity index (χ1v) is 10.5. The molecule has 4 aliphatic carbocycles. The lowest BCUT2D eigenvalue weighted by molar-refractivity contribution is -0.174. The molecule has 0 heterocycles. The van der Waals surface area contributed by atoms with E-state index in [1.165, 1.54) is 25.7 Å². The van der Waals surface area contributed by atoms with Gasteiger partial charge in [0.1, 0.15) is 5.60 Å². The molecule has 0 N–H and O–H groups in total. The van der Waals surface area contributed by atoms with Gasteiger partial charge < -0.3 is 14.2 Å². The summed E-state index contributed by atoms with van der Waals surface area (Å²) in [5.74, 6) is 0.989. The summed E-state index contributed by atoms with van der Waals surface area (Å²) in [6, 6.07) is 0. The van der Waals surface area contributed by atoms with E-state index in [1.807, 2.05) is 26.8 Å². The largest absolute Gasteiger partial charge is 0.460 e. The Bertz CT molecular complexity index is 619. The number of rotatable bonds is 6. The van der Waals surface area contributed by atoms with E-state index in [0.717, 1.165) is 18.3 Å². The molecular formula is C22H32O5. The van der Waals surface area contributed by atoms with Crippen LogP contribution in [0.15, 0.2) is 12.2 Å². The molecule has 0 radical (unpaired) electrons. The van der Waals surface area contributed by atoms with Gasteiger partial charge in [-0.05, 0) is 76.0 Å². The van der Waals surface area contributed by atoms with Gasteiger partial charge in [-0.25, -0.2) is 0 Å². The number of ether oxygens (including phenoxy) is 3. The third kappa shape index (κ3) is 3.94. The van der Waals surface area contributed by atoms with E-state index in [1.54, 1.807) is 0 Å². The van der Waals surface area contributed by atoms with Gasteiger partial charge in [-0.15, -0.1) is 0 Å². The number of hydrogen-bond donors (Lipinski definition) is 0. The van der Waals surface area contributed by atoms with Gasteiger partial charge in [0.25, 0.3) is 0 Å². The molecule has 0 spiro atoms. The Morgan fingerprint density at radius 3 is 2.26 bits per heavy atom. The Labute approximate surface area is 161 Å². The van der Waals surface area contributed by atoms with Crippen LogP contribution in [0, 0.1) is 41.4 Å². The fourth-order valence-electron chi connectivity index (χ4n) is 5.81. The fourth-order valence-corrected chi connectivity index (χ4v) is 5.81. The predicted octanol–water partition coefficient (Wildman–Crippen LogP) is 3.72. The SMILES string of the molecule is CC(C)(C)OC(=O)C1C2C=CC(C2)C1C(=O)OCOCC1CC2CCC1C2. The molecule has 4 rings (SSSR count). The first kappa shape index (κ1) is 19.0. The van der Waals surface area contributed by atoms with Crippen LogP contribution in [0.1, 0.15) is 52.9 Å². The second-order valence-electron chi connectivity index (χ2n) is 9.92. The van der Waals surface area contributed by atoms with E-state index in [-0.39, 0.29) is 30.6 Å². The molecular weight excluding hydrogens is 344 g/mol. The Kier molecular flexibility index (Phi) is 5.08. The van der Waals surface area contributed by atoms with Gasteiger partial charge >= 0.3 is 11.9 Å². The molecule has 0 saturated heterocycles. The molecule has 0 aromatic heterocycles. The lowest BCUT2D eigenvalue weighted by Gasteiger charge is -2.28. The zero-order valence-electron chi connectivity index (χ0n) is 16.7. The van der Waals surface area contributed by atoms with E-state index < -0.39 is 17.4 Å². The van der Waals surface area contributed by atoms with E-state index in [4.69, 9.17) is 14.2 Å². The topological polar surface area (TPSA) is 61.8 Å². The van der Waals surface area contributed by atoms with Crippen LogP contribution in [0.2, 0.25) is 0 Å². The first-order chi connectivity index (χ1) is 12.8. The van der Waals surface area contributed by atoms with Crippen LogP contribution in [-0.4, -0.2) is 30.9 Å². The highest BCUT2D eigenvalue weighted by Gasteiger charge is 2.53. The third-order valence-corrected chi connectivity index (χ3v) is 6.91. The smallest absolute Gasteiger partial charge is 0.312 e. The first-order valence-electron chi connectivity index (χ1n) is 10.5. The fraction of sp³-hybridized carbons (Fsp3) is 0.818. The molecule has 3 fully saturated rings. The van der Waals surface area contributed by atoms with Gasteiger partial charge in [-0.3, -0.25) is 9.59 Å². The normalized spacial score (nSPS) is 39.1. The van der Waals surface area contributed by atoms with Crippen molar-refractivity contribution < 1.29 is 23.8 Å². The summed E-state index contributed by atoms with van der Waals surface area (Å²) in [7, 11) is 0. The molecule has 0 aliphatic heterocycles. The molecule has 4 bridgehead atoms. The van der Waals surface area contributed by atoms with Crippen molar-refractivity contribution in [1.29, 1.82) is 0 Å². The Morgan fingerprint density at radius 2 is 1.67 bits per heavy atom. The number of fused-ring (bicyclic) bond motifs is 4. The second kappa shape index (κ2) is 7.23. The molecule has 27 heavy (non-hydrogen) atoms. The molecule has 7 unspecified atom stereocenters. The standard InChI is InChI=1S/C22H32O5/c1-22(2,3)27-21(24)19-16-7-6-15(10-16)18(19)20(23)26-12-25-11-17-9-13-4-5-14(17)8-13/h6-7,13-19H,4-5,8-12H2,1-3H3. The maximum atomic E-state index is 12.7. The van der Waals surface area contributed by atoms with Gasteiger partial charge in [0.15, 0.2) is 6.79 Å². The molecule has 150 valence electrons. The van der Waals surface area contributed by atoms with Crippen LogP contribution in [0.3, 0.4) is 0 Å². The van der Waals surface area contributed by atoms with Crippen LogP contribution in [-0.2, 0) is 23.8 Å². The van der Waals surface area contributed by atoms with E-state index in [9.17, 15) is 9.59 Å². The van der Waals surface area contributed by atoms with Crippen molar-refractivity contribution in [3.05, 3.63) is 12.2 Å². The van der Waals surface area contributed by atoms with Crippen LogP contribution in [0.4, 0.5) is 0 Å². The summed E-state index contributed by atoms with van der Waals surface area (Å²) in [4.78, 5) is 25.3. The molecule has 0 aromatic rings. The van der Waals surface area contributed by atoms with E-state index >= 15 is 0 Å². The summed E-state index contributed by atoms with van der Waals surface area (Å²) in [5, 5.41) is 0. The van der Waals surface area contributed by atoms with Crippen molar-refractivity contribution in [1.82, 2.24) is 0 Å². The number of allylic oxidation sites excluding steroid dienone is 2. The molecule has 3 saturated carbocycles. The number of hydrogen-bond acceptors (Lipinski definition) is 5. The lowest BCUT2D eigenvalue weighted by Crippen LogP contribution is -2.38. The summed E-state index contributed by atoms with van der Waals surface area (Å²) < 4.78 is 16.7. The Hall–Kier alpha value is -1.36. The Morgan fingerprint density at radius 1 is 0.963 bits per heavy atom. The second-order valence-corrected chi connectivity index (χ2v) is 9.92. The molecule has 4 aliphatic rings. The maximum Gasteiger partial charge on any atom is 0.312 e. The number of esters is 2. The van der Waals surface area contributed by atoms with Gasteiger partial charge in [0.05, 0.1) is 18.4 Å². The molecule has 5 nitrogen and oxygen atoms in total. The molecule has 0 aromatic carbocycles. The van der Waals surface area contributed by atoms with E-state index in [2.05, 4.69) is 6.08 Å². The summed E-state index contributed by atoms with van der Waals surface area (Å²) >= 11 is 0. The van der Waals surface area contributed by atoms with E-state index in [0.29, 0.717) is 12.5 Å². The van der Waals surface area contributed by atoms with Gasteiger partial charge in [-0.1, -0.05) is 18.6 Å². The monoisotopic (exact) mass is 376 g/mol. The van der Waals surface area contributed by atoms with Gasteiger partial charge in [0, 0.05) is 0 Å². The number of carbonyl (C=O) groups excluding carboxylic acids is 2. The highest BCUT2D eigenvalue weighted by atomic mass is 16.7. The molecule has 7 atom stereocenters. The lowest BCUT2D eigenvalue weighted by atomic mass is 9.83. The molecule has 0 amide bonds. The minimum Gasteiger partial charge on any atom is -0.460 e. The quantitative estimate of drug-likeness (QED) is 0.306. The highest BCUT2D eigenvalue weighted by Crippen LogP contribution is 2.50. The third-order valence-electron chi connectivity index (χ3n) is 6.91. The van der Waals surface area contributed by atoms with Crippen molar-refractivity contribution in [2.24, 2.45) is 41.4 Å². The van der Waals surface area contributed by atoms with Crippen molar-refractivity contribution in [3.8, 4) is 0 Å². The minimum absolute atomic E-state index is 0.00857. The van der Waals surface area contributed by atoms with Crippen LogP contribution < -0.4 is 0 Å². The average Bonchev–Trinajstić information content (AvgIpc) is 3.36. The van der Waals surface area contributed by atoms with Crippen LogP contribution in [0.25, 0.3) is 0 Å². The van der Waals surface area contributed by atoms with Gasteiger partial charge in [0.2, 0.25) is 0 Å². The van der Waals surface area contributed by atoms with Crippen molar-refractivity contribution in [3.63, 3.8) is 0 Å². The van der Waals surface area contributed by atoms with Crippen LogP contribution >= 0.6 is 0 Å². The Balaban J connectivity index is 1.28. The summed E-state index contributed by atoms with van der Waals surface area (Å²) in [6.45, 7) is 6.23. The molecule has 5 heteroatoms. The summed E-state index contributed by atoms with van der Waals surface area (Å²) in [6.07, 6.45) is 10.2. The van der Waals surface area contributed by atoms with Crippen LogP contribution in [0.5, 0.6) is 0 Å². The van der Waals surface area contributed by atoms with Crippen molar-refractivity contribution in [2.75, 3.05) is 13.4 Å². The van der Waals surface area contributed by atoms with Crippen molar-refractivity contribution >= 4 is 11.9 Å². The summed E-state index contributed by atoms with van der Waals surface area (Å²) in [5.41, 5.74) is -0.555. The number of carbonyl (C=O) groups is 2. The van der Waals surface area contributed by atoms with Crippen molar-refractivity contribution in [2.45, 2.75) is 58.5 Å². The zero-order chi connectivity index (χ0) is 19.2. The van der Waals surface area contributed by atoms with Gasteiger partial charge in [-0.2, -0.15) is 0 Å².